The molecule has 1 aromatic carbocycles. The molecule has 0 bridgehead atoms. The molecular weight excluding hydrogens is 340 g/mol. The van der Waals surface area contributed by atoms with Crippen molar-refractivity contribution < 1.29 is 19.1 Å². The van der Waals surface area contributed by atoms with E-state index < -0.39 is 0 Å². The van der Waals surface area contributed by atoms with Gasteiger partial charge in [0.15, 0.2) is 0 Å². The Bertz CT molecular complexity index is 649. The molecule has 0 aromatic heterocycles. The van der Waals surface area contributed by atoms with E-state index in [2.05, 4.69) is 12.2 Å². The predicted octanol–water partition coefficient (Wildman–Crippen LogP) is 4.37. The van der Waals surface area contributed by atoms with Gasteiger partial charge in [-0.1, -0.05) is 30.7 Å². The van der Waals surface area contributed by atoms with Crippen molar-refractivity contribution in [2.45, 2.75) is 45.1 Å². The quantitative estimate of drug-likeness (QED) is 0.368. The number of allylic oxidation sites excluding steroid dienone is 2. The van der Waals surface area contributed by atoms with Crippen LogP contribution in [0, 0.1) is 23.7 Å². The number of aldehydes is 1. The van der Waals surface area contributed by atoms with Crippen LogP contribution in [0.5, 0.6) is 5.75 Å². The van der Waals surface area contributed by atoms with Gasteiger partial charge >= 0.3 is 0 Å². The lowest BCUT2D eigenvalue weighted by molar-refractivity contribution is -0.125. The molecular formula is C23H30O4. The first-order chi connectivity index (χ1) is 13.2. The molecule has 2 aliphatic rings. The Kier molecular flexibility index (Phi) is 7.22. The second-order valence-corrected chi connectivity index (χ2v) is 7.77. The van der Waals surface area contributed by atoms with Crippen molar-refractivity contribution in [3.8, 4) is 5.75 Å². The lowest BCUT2D eigenvalue weighted by atomic mass is 9.64. The van der Waals surface area contributed by atoms with E-state index in [-0.39, 0.29) is 11.8 Å². The number of ether oxygens (including phenoxy) is 2. The maximum atomic E-state index is 11.7. The summed E-state index contributed by atoms with van der Waals surface area (Å²) in [6, 6.07) is 7.93. The van der Waals surface area contributed by atoms with E-state index in [4.69, 9.17) is 9.47 Å². The zero-order valence-corrected chi connectivity index (χ0v) is 16.1. The number of carbonyl (C=O) groups excluding carboxylic acids is 2. The number of benzene rings is 1. The highest BCUT2D eigenvalue weighted by molar-refractivity contribution is 5.80. The van der Waals surface area contributed by atoms with Gasteiger partial charge < -0.3 is 14.3 Å². The average Bonchev–Trinajstić information content (AvgIpc) is 2.70. The van der Waals surface area contributed by atoms with Crippen molar-refractivity contribution in [2.24, 2.45) is 23.7 Å². The Labute approximate surface area is 161 Å². The Balaban J connectivity index is 1.37. The van der Waals surface area contributed by atoms with Gasteiger partial charge in [-0.2, -0.15) is 0 Å². The van der Waals surface area contributed by atoms with Crippen molar-refractivity contribution in [3.63, 3.8) is 0 Å². The van der Waals surface area contributed by atoms with Crippen molar-refractivity contribution in [3.05, 3.63) is 42.0 Å². The molecule has 0 N–H and O–H groups in total. The lowest BCUT2D eigenvalue weighted by Crippen LogP contribution is -2.36. The molecule has 0 spiro atoms. The maximum Gasteiger partial charge on any atom is 0.133 e. The standard InChI is InChI=1S/C23H30O4/c1-26-21-10-5-17(6-11-21)16-27-13-3-2-4-18-7-8-19-14-20(25)9-12-22(19)23(18)15-24/h5-8,10-11,15,18-19,22-23H,2-4,9,12-14,16H2,1H3/t18-,19-,22-,23-/m1/s1. The summed E-state index contributed by atoms with van der Waals surface area (Å²) in [6.45, 7) is 1.34. The van der Waals surface area contributed by atoms with E-state index in [1.54, 1.807) is 7.11 Å². The molecule has 146 valence electrons. The van der Waals surface area contributed by atoms with Gasteiger partial charge in [0.2, 0.25) is 0 Å². The molecule has 27 heavy (non-hydrogen) atoms. The minimum absolute atomic E-state index is 0.0771. The summed E-state index contributed by atoms with van der Waals surface area (Å²) in [7, 11) is 1.66. The fourth-order valence-corrected chi connectivity index (χ4v) is 4.46. The van der Waals surface area contributed by atoms with Crippen molar-refractivity contribution in [2.75, 3.05) is 13.7 Å². The molecule has 0 amide bonds. The van der Waals surface area contributed by atoms with E-state index >= 15 is 0 Å². The van der Waals surface area contributed by atoms with Crippen LogP contribution in [0.3, 0.4) is 0 Å². The molecule has 2 aliphatic carbocycles. The Morgan fingerprint density at radius 2 is 1.96 bits per heavy atom. The Morgan fingerprint density at radius 1 is 1.15 bits per heavy atom. The number of carbonyl (C=O) groups is 2. The minimum atomic E-state index is 0.0771. The van der Waals surface area contributed by atoms with E-state index in [9.17, 15) is 9.59 Å². The maximum absolute atomic E-state index is 11.7. The third-order valence-electron chi connectivity index (χ3n) is 6.03. The summed E-state index contributed by atoms with van der Waals surface area (Å²) in [5, 5.41) is 0. The van der Waals surface area contributed by atoms with Crippen LogP contribution in [0.2, 0.25) is 0 Å². The summed E-state index contributed by atoms with van der Waals surface area (Å²) in [5.74, 6) is 2.24. The monoisotopic (exact) mass is 370 g/mol. The number of fused-ring (bicyclic) bond motifs is 1. The Morgan fingerprint density at radius 3 is 2.70 bits per heavy atom. The first-order valence-corrected chi connectivity index (χ1v) is 10.1. The van der Waals surface area contributed by atoms with Crippen LogP contribution in [0.4, 0.5) is 0 Å². The normalized spacial score (nSPS) is 27.2. The highest BCUT2D eigenvalue weighted by Gasteiger charge is 2.38. The molecule has 0 unspecified atom stereocenters. The Hall–Kier alpha value is -1.94. The number of unbranched alkanes of at least 4 members (excludes halogenated alkanes) is 1. The van der Waals surface area contributed by atoms with Crippen molar-refractivity contribution in [1.29, 1.82) is 0 Å². The molecule has 0 aliphatic heterocycles. The van der Waals surface area contributed by atoms with Crippen LogP contribution in [0.25, 0.3) is 0 Å². The lowest BCUT2D eigenvalue weighted by Gasteiger charge is -2.39. The van der Waals surface area contributed by atoms with Crippen molar-refractivity contribution in [1.82, 2.24) is 0 Å². The second kappa shape index (κ2) is 9.84. The SMILES string of the molecule is COc1ccc(COCCCC[C@@H]2C=C[C@@H]3CC(=O)CC[C@H]3[C@@H]2C=O)cc1. The second-order valence-electron chi connectivity index (χ2n) is 7.77. The fourth-order valence-electron chi connectivity index (χ4n) is 4.46. The van der Waals surface area contributed by atoms with Crippen LogP contribution in [-0.4, -0.2) is 25.8 Å². The van der Waals surface area contributed by atoms with E-state index in [0.717, 1.165) is 49.9 Å². The van der Waals surface area contributed by atoms with Gasteiger partial charge in [0.25, 0.3) is 0 Å². The molecule has 0 heterocycles. The van der Waals surface area contributed by atoms with E-state index in [1.165, 1.54) is 0 Å². The van der Waals surface area contributed by atoms with Gasteiger partial charge in [0.05, 0.1) is 13.7 Å². The summed E-state index contributed by atoms with van der Waals surface area (Å²) >= 11 is 0. The van der Waals surface area contributed by atoms with Crippen LogP contribution < -0.4 is 4.74 Å². The van der Waals surface area contributed by atoms with Gasteiger partial charge in [-0.3, -0.25) is 4.79 Å². The molecule has 1 aromatic rings. The van der Waals surface area contributed by atoms with Gasteiger partial charge in [-0.25, -0.2) is 0 Å². The number of rotatable bonds is 9. The third kappa shape index (κ3) is 5.29. The minimum Gasteiger partial charge on any atom is -0.497 e. The van der Waals surface area contributed by atoms with Crippen LogP contribution in [0.15, 0.2) is 36.4 Å². The van der Waals surface area contributed by atoms with Gasteiger partial charge in [0.1, 0.15) is 17.8 Å². The van der Waals surface area contributed by atoms with Crippen LogP contribution in [0.1, 0.15) is 44.1 Å². The van der Waals surface area contributed by atoms with Crippen LogP contribution in [-0.2, 0) is 20.9 Å². The summed E-state index contributed by atoms with van der Waals surface area (Å²) in [5.41, 5.74) is 1.14. The highest BCUT2D eigenvalue weighted by Crippen LogP contribution is 2.42. The molecule has 4 atom stereocenters. The summed E-state index contributed by atoms with van der Waals surface area (Å²) in [4.78, 5) is 23.4. The first kappa shape index (κ1) is 19.8. The third-order valence-corrected chi connectivity index (χ3v) is 6.03. The van der Waals surface area contributed by atoms with E-state index in [0.29, 0.717) is 37.1 Å². The smallest absolute Gasteiger partial charge is 0.133 e. The summed E-state index contributed by atoms with van der Waals surface area (Å²) < 4.78 is 10.9. The molecule has 1 fully saturated rings. The zero-order valence-electron chi connectivity index (χ0n) is 16.1. The molecule has 4 nitrogen and oxygen atoms in total. The number of hydrogen-bond acceptors (Lipinski definition) is 4. The van der Waals surface area contributed by atoms with Gasteiger partial charge in [0, 0.05) is 25.4 Å². The number of ketones is 1. The average molecular weight is 370 g/mol. The molecule has 3 rings (SSSR count). The highest BCUT2D eigenvalue weighted by atomic mass is 16.5. The predicted molar refractivity (Wildman–Crippen MR) is 105 cm³/mol. The zero-order chi connectivity index (χ0) is 19.1. The largest absolute Gasteiger partial charge is 0.497 e. The number of Topliss-reactive ketones (excluding diaryl/α,β-unsaturated/α-hetero) is 1. The molecule has 0 saturated heterocycles. The van der Waals surface area contributed by atoms with E-state index in [1.807, 2.05) is 24.3 Å². The molecule has 0 radical (unpaired) electrons. The van der Waals surface area contributed by atoms with Crippen molar-refractivity contribution >= 4 is 12.1 Å². The molecule has 4 heteroatoms. The number of methoxy groups -OCH3 is 1. The first-order valence-electron chi connectivity index (χ1n) is 10.1. The topological polar surface area (TPSA) is 52.6 Å². The van der Waals surface area contributed by atoms with Gasteiger partial charge in [-0.15, -0.1) is 0 Å². The summed E-state index contributed by atoms with van der Waals surface area (Å²) in [6.07, 6.45) is 10.7. The van der Waals surface area contributed by atoms with Crippen LogP contribution >= 0.6 is 0 Å². The fraction of sp³-hybridized carbons (Fsp3) is 0.565. The number of hydrogen-bond donors (Lipinski definition) is 0. The van der Waals surface area contributed by atoms with Gasteiger partial charge in [-0.05, 0) is 54.7 Å². The molecule has 1 saturated carbocycles.